The summed E-state index contributed by atoms with van der Waals surface area (Å²) >= 11 is 13.5. The minimum absolute atomic E-state index is 0.0653. The molecule has 8 nitrogen and oxygen atoms in total. The second-order valence-corrected chi connectivity index (χ2v) is 8.78. The zero-order valence-corrected chi connectivity index (χ0v) is 20.9. The molecular weight excluding hydrogens is 507 g/mol. The third-order valence-electron chi connectivity index (χ3n) is 4.67. The molecule has 11 heteroatoms. The summed E-state index contributed by atoms with van der Waals surface area (Å²) < 4.78 is 7.42. The number of halogens is 2. The van der Waals surface area contributed by atoms with Gasteiger partial charge in [0.15, 0.2) is 11.0 Å². The van der Waals surface area contributed by atoms with Crippen molar-refractivity contribution in [2.24, 2.45) is 5.10 Å². The van der Waals surface area contributed by atoms with E-state index in [2.05, 4.69) is 25.7 Å². The van der Waals surface area contributed by atoms with E-state index >= 15 is 0 Å². The van der Waals surface area contributed by atoms with Crippen LogP contribution in [-0.4, -0.2) is 44.2 Å². The van der Waals surface area contributed by atoms with Gasteiger partial charge >= 0.3 is 0 Å². The van der Waals surface area contributed by atoms with Gasteiger partial charge in [0.05, 0.1) is 28.6 Å². The van der Waals surface area contributed by atoms with Crippen LogP contribution in [0.4, 0.5) is 0 Å². The van der Waals surface area contributed by atoms with E-state index in [9.17, 15) is 4.79 Å². The van der Waals surface area contributed by atoms with Gasteiger partial charge in [0.1, 0.15) is 5.75 Å². The number of carbonyl (C=O) groups is 1. The molecule has 1 amide bonds. The maximum Gasteiger partial charge on any atom is 0.250 e. The summed E-state index contributed by atoms with van der Waals surface area (Å²) in [6.45, 7) is 2.51. The van der Waals surface area contributed by atoms with Gasteiger partial charge in [-0.1, -0.05) is 41.0 Å². The Morgan fingerprint density at radius 3 is 2.57 bits per heavy atom. The van der Waals surface area contributed by atoms with E-state index in [-0.39, 0.29) is 11.7 Å². The Morgan fingerprint density at radius 2 is 1.89 bits per heavy atom. The number of aromatic nitrogens is 4. The Hall–Kier alpha value is -3.40. The zero-order chi connectivity index (χ0) is 24.6. The number of nitrogens with zero attached hydrogens (tertiary/aromatic N) is 5. The fourth-order valence-corrected chi connectivity index (χ4v) is 4.34. The van der Waals surface area contributed by atoms with Gasteiger partial charge in [0.25, 0.3) is 5.91 Å². The Labute approximate surface area is 216 Å². The van der Waals surface area contributed by atoms with Crippen LogP contribution in [-0.2, 0) is 4.79 Å². The lowest BCUT2D eigenvalue weighted by molar-refractivity contribution is -0.118. The molecule has 0 fully saturated rings. The molecule has 0 saturated carbocycles. The second-order valence-electron chi connectivity index (χ2n) is 7.03. The first kappa shape index (κ1) is 24.7. The van der Waals surface area contributed by atoms with Crippen LogP contribution < -0.4 is 10.2 Å². The largest absolute Gasteiger partial charge is 0.494 e. The van der Waals surface area contributed by atoms with Gasteiger partial charge in [-0.2, -0.15) is 5.10 Å². The number of hydrogen-bond acceptors (Lipinski definition) is 7. The van der Waals surface area contributed by atoms with E-state index in [1.165, 1.54) is 18.0 Å². The van der Waals surface area contributed by atoms with Crippen LogP contribution in [0, 0.1) is 0 Å². The van der Waals surface area contributed by atoms with Crippen molar-refractivity contribution in [1.82, 2.24) is 25.2 Å². The Bertz CT molecular complexity index is 1310. The highest BCUT2D eigenvalue weighted by atomic mass is 35.5. The number of pyridine rings is 1. The Morgan fingerprint density at radius 1 is 1.11 bits per heavy atom. The van der Waals surface area contributed by atoms with Crippen LogP contribution in [0.1, 0.15) is 12.5 Å². The van der Waals surface area contributed by atoms with Crippen LogP contribution in [0.3, 0.4) is 0 Å². The summed E-state index contributed by atoms with van der Waals surface area (Å²) in [5.74, 6) is 1.11. The average Bonchev–Trinajstić information content (AvgIpc) is 3.30. The molecule has 2 aromatic heterocycles. The highest BCUT2D eigenvalue weighted by molar-refractivity contribution is 7.99. The topological polar surface area (TPSA) is 94.3 Å². The minimum Gasteiger partial charge on any atom is -0.494 e. The van der Waals surface area contributed by atoms with E-state index < -0.39 is 0 Å². The average molecular weight is 527 g/mol. The van der Waals surface area contributed by atoms with Crippen LogP contribution in [0.15, 0.2) is 77.2 Å². The number of benzene rings is 2. The number of hydrazone groups is 1. The number of carbonyl (C=O) groups excluding carboxylic acids is 1. The summed E-state index contributed by atoms with van der Waals surface area (Å²) in [6, 6.07) is 16.4. The van der Waals surface area contributed by atoms with E-state index in [0.29, 0.717) is 33.2 Å². The quantitative estimate of drug-likeness (QED) is 0.181. The molecule has 1 N–H and O–H groups in total. The Balaban J connectivity index is 1.52. The molecule has 0 atom stereocenters. The molecular formula is C24H20Cl2N6O2S. The fourth-order valence-electron chi connectivity index (χ4n) is 3.10. The summed E-state index contributed by atoms with van der Waals surface area (Å²) in [5.41, 5.74) is 4.63. The van der Waals surface area contributed by atoms with Gasteiger partial charge in [-0.05, 0) is 55.5 Å². The second kappa shape index (κ2) is 11.8. The number of thioether (sulfide) groups is 1. The van der Waals surface area contributed by atoms with Gasteiger partial charge in [-0.3, -0.25) is 14.3 Å². The first-order valence-electron chi connectivity index (χ1n) is 10.5. The third kappa shape index (κ3) is 6.19. The van der Waals surface area contributed by atoms with Crippen LogP contribution in [0.25, 0.3) is 17.1 Å². The molecule has 0 radical (unpaired) electrons. The van der Waals surface area contributed by atoms with E-state index in [1.807, 2.05) is 47.9 Å². The predicted molar refractivity (Wildman–Crippen MR) is 139 cm³/mol. The van der Waals surface area contributed by atoms with Gasteiger partial charge in [-0.15, -0.1) is 10.2 Å². The van der Waals surface area contributed by atoms with E-state index in [0.717, 1.165) is 17.0 Å². The zero-order valence-electron chi connectivity index (χ0n) is 18.6. The molecule has 2 heterocycles. The summed E-state index contributed by atoms with van der Waals surface area (Å²) in [5, 5.41) is 14.1. The summed E-state index contributed by atoms with van der Waals surface area (Å²) in [7, 11) is 0. The molecule has 0 aliphatic heterocycles. The van der Waals surface area contributed by atoms with Crippen molar-refractivity contribution >= 4 is 47.1 Å². The van der Waals surface area contributed by atoms with Gasteiger partial charge in [0, 0.05) is 29.2 Å². The highest BCUT2D eigenvalue weighted by Crippen LogP contribution is 2.28. The molecule has 0 aliphatic rings. The molecule has 0 saturated heterocycles. The number of nitrogens with one attached hydrogen (secondary N) is 1. The van der Waals surface area contributed by atoms with Crippen molar-refractivity contribution in [3.05, 3.63) is 82.6 Å². The monoisotopic (exact) mass is 526 g/mol. The van der Waals surface area contributed by atoms with Crippen molar-refractivity contribution < 1.29 is 9.53 Å². The number of hydrogen-bond donors (Lipinski definition) is 1. The van der Waals surface area contributed by atoms with Crippen LogP contribution in [0.2, 0.25) is 10.0 Å². The Kier molecular flexibility index (Phi) is 8.36. The molecule has 0 unspecified atom stereocenters. The maximum atomic E-state index is 12.4. The smallest absolute Gasteiger partial charge is 0.250 e. The van der Waals surface area contributed by atoms with Crippen molar-refractivity contribution in [1.29, 1.82) is 0 Å². The first-order chi connectivity index (χ1) is 17.1. The number of rotatable bonds is 9. The van der Waals surface area contributed by atoms with Crippen molar-refractivity contribution in [3.8, 4) is 22.8 Å². The standard InChI is InChI=1S/C24H20Cl2N6O2S/c1-2-34-18-10-8-17(9-11-18)32-23(16-5-4-12-27-13-16)30-31-24(32)35-15-22(33)29-28-14-19-20(25)6-3-7-21(19)26/h3-14H,2,15H2,1H3,(H,29,33). The molecule has 0 spiro atoms. The normalized spacial score (nSPS) is 11.1. The molecule has 2 aromatic carbocycles. The SMILES string of the molecule is CCOc1ccc(-n2c(SCC(=O)NN=Cc3c(Cl)cccc3Cl)nnc2-c2cccnc2)cc1. The van der Waals surface area contributed by atoms with Gasteiger partial charge < -0.3 is 4.74 Å². The van der Waals surface area contributed by atoms with Crippen molar-refractivity contribution in [2.45, 2.75) is 12.1 Å². The maximum absolute atomic E-state index is 12.4. The highest BCUT2D eigenvalue weighted by Gasteiger charge is 2.17. The molecule has 35 heavy (non-hydrogen) atoms. The summed E-state index contributed by atoms with van der Waals surface area (Å²) in [6.07, 6.45) is 4.82. The lowest BCUT2D eigenvalue weighted by atomic mass is 10.2. The van der Waals surface area contributed by atoms with Crippen LogP contribution in [0.5, 0.6) is 5.75 Å². The van der Waals surface area contributed by atoms with E-state index in [1.54, 1.807) is 30.6 Å². The molecule has 4 aromatic rings. The minimum atomic E-state index is -0.321. The number of ether oxygens (including phenoxy) is 1. The summed E-state index contributed by atoms with van der Waals surface area (Å²) in [4.78, 5) is 16.6. The number of amides is 1. The van der Waals surface area contributed by atoms with E-state index in [4.69, 9.17) is 27.9 Å². The van der Waals surface area contributed by atoms with Crippen molar-refractivity contribution in [2.75, 3.05) is 12.4 Å². The lowest BCUT2D eigenvalue weighted by Crippen LogP contribution is -2.20. The molecule has 4 rings (SSSR count). The van der Waals surface area contributed by atoms with Gasteiger partial charge in [-0.25, -0.2) is 5.43 Å². The molecule has 0 aliphatic carbocycles. The van der Waals surface area contributed by atoms with Crippen molar-refractivity contribution in [3.63, 3.8) is 0 Å². The van der Waals surface area contributed by atoms with Crippen LogP contribution >= 0.6 is 35.0 Å². The van der Waals surface area contributed by atoms with Gasteiger partial charge in [0.2, 0.25) is 0 Å². The molecule has 178 valence electrons. The first-order valence-corrected chi connectivity index (χ1v) is 12.3. The molecule has 0 bridgehead atoms. The fraction of sp³-hybridized carbons (Fsp3) is 0.125. The predicted octanol–water partition coefficient (Wildman–Crippen LogP) is 5.28. The third-order valence-corrected chi connectivity index (χ3v) is 6.26. The lowest BCUT2D eigenvalue weighted by Gasteiger charge is -2.11.